The highest BCUT2D eigenvalue weighted by molar-refractivity contribution is 5.98. The number of aryl methyl sites for hydroxylation is 2. The molecular weight excluding hydrogens is 418 g/mol. The van der Waals surface area contributed by atoms with Crippen LogP contribution in [0.1, 0.15) is 17.0 Å². The Kier molecular flexibility index (Phi) is 6.84. The number of imidazole rings is 1. The Bertz CT molecular complexity index is 1210. The molecule has 1 aromatic carbocycles. The molecule has 33 heavy (non-hydrogen) atoms. The first-order chi connectivity index (χ1) is 16.1. The molecule has 172 valence electrons. The van der Waals surface area contributed by atoms with Crippen LogP contribution in [0.3, 0.4) is 0 Å². The van der Waals surface area contributed by atoms with Gasteiger partial charge in [-0.15, -0.1) is 0 Å². The summed E-state index contributed by atoms with van der Waals surface area (Å²) in [6.45, 7) is 5.32. The fourth-order valence-corrected chi connectivity index (χ4v) is 3.65. The molecule has 0 bridgehead atoms. The Balaban J connectivity index is 1.70. The van der Waals surface area contributed by atoms with E-state index in [-0.39, 0.29) is 0 Å². The van der Waals surface area contributed by atoms with Crippen LogP contribution in [-0.2, 0) is 18.3 Å². The third-order valence-electron chi connectivity index (χ3n) is 5.39. The molecule has 0 unspecified atom stereocenters. The number of aromatic nitrogens is 3. The fourth-order valence-electron chi connectivity index (χ4n) is 3.65. The number of nitrogens with two attached hydrogens (primary N) is 2. The van der Waals surface area contributed by atoms with Crippen molar-refractivity contribution in [1.29, 1.82) is 0 Å². The number of aliphatic imine (C=N–C) groups is 1. The van der Waals surface area contributed by atoms with Crippen molar-refractivity contribution >= 4 is 34.7 Å². The van der Waals surface area contributed by atoms with E-state index < -0.39 is 0 Å². The second-order valence-electron chi connectivity index (χ2n) is 7.74. The number of pyridine rings is 1. The van der Waals surface area contributed by atoms with Gasteiger partial charge in [-0.2, -0.15) is 5.10 Å². The molecule has 0 aliphatic carbocycles. The summed E-state index contributed by atoms with van der Waals surface area (Å²) in [7, 11) is 1.93. The second-order valence-corrected chi connectivity index (χ2v) is 7.74. The van der Waals surface area contributed by atoms with Crippen LogP contribution in [0.25, 0.3) is 11.2 Å². The molecule has 1 saturated heterocycles. The highest BCUT2D eigenvalue weighted by atomic mass is 16.5. The lowest BCUT2D eigenvalue weighted by Crippen LogP contribution is -2.36. The predicted molar refractivity (Wildman–Crippen MR) is 133 cm³/mol. The van der Waals surface area contributed by atoms with E-state index in [1.54, 1.807) is 12.3 Å². The predicted octanol–water partition coefficient (Wildman–Crippen LogP) is 1.89. The quantitative estimate of drug-likeness (QED) is 0.286. The van der Waals surface area contributed by atoms with E-state index in [0.717, 1.165) is 46.9 Å². The average molecular weight is 448 g/mol. The van der Waals surface area contributed by atoms with Gasteiger partial charge in [-0.1, -0.05) is 23.8 Å². The zero-order valence-electron chi connectivity index (χ0n) is 18.9. The Hall–Kier alpha value is -3.92. The smallest absolute Gasteiger partial charge is 0.164 e. The van der Waals surface area contributed by atoms with Crippen molar-refractivity contribution < 1.29 is 4.74 Å². The molecule has 0 saturated carbocycles. The van der Waals surface area contributed by atoms with E-state index in [4.69, 9.17) is 26.2 Å². The molecule has 3 heterocycles. The summed E-state index contributed by atoms with van der Waals surface area (Å²) in [5, 5.41) is 4.37. The Morgan fingerprint density at radius 2 is 2.06 bits per heavy atom. The summed E-state index contributed by atoms with van der Waals surface area (Å²) in [5.41, 5.74) is 19.1. The summed E-state index contributed by atoms with van der Waals surface area (Å²) < 4.78 is 7.48. The van der Waals surface area contributed by atoms with Gasteiger partial charge in [0.25, 0.3) is 0 Å². The normalized spacial score (nSPS) is 15.2. The van der Waals surface area contributed by atoms with Crippen LogP contribution in [0.5, 0.6) is 0 Å². The van der Waals surface area contributed by atoms with Gasteiger partial charge >= 0.3 is 0 Å². The van der Waals surface area contributed by atoms with Crippen molar-refractivity contribution in [3.63, 3.8) is 0 Å². The molecule has 10 nitrogen and oxygen atoms in total. The van der Waals surface area contributed by atoms with Crippen molar-refractivity contribution in [3.8, 4) is 0 Å². The molecule has 4 rings (SSSR count). The van der Waals surface area contributed by atoms with Crippen molar-refractivity contribution in [2.24, 2.45) is 28.6 Å². The first-order valence-corrected chi connectivity index (χ1v) is 10.8. The molecule has 5 N–H and O–H groups in total. The summed E-state index contributed by atoms with van der Waals surface area (Å²) >= 11 is 0. The number of benzene rings is 1. The first kappa shape index (κ1) is 22.3. The van der Waals surface area contributed by atoms with E-state index in [1.165, 1.54) is 6.20 Å². The van der Waals surface area contributed by atoms with Crippen LogP contribution in [0, 0.1) is 6.92 Å². The van der Waals surface area contributed by atoms with Gasteiger partial charge < -0.3 is 25.7 Å². The van der Waals surface area contributed by atoms with Crippen molar-refractivity contribution in [3.05, 3.63) is 59.6 Å². The van der Waals surface area contributed by atoms with Crippen molar-refractivity contribution in [1.82, 2.24) is 14.5 Å². The number of allylic oxidation sites excluding steroid dienone is 1. The van der Waals surface area contributed by atoms with Crippen molar-refractivity contribution in [2.45, 2.75) is 13.5 Å². The number of hydrogen-bond acceptors (Lipinski definition) is 8. The van der Waals surface area contributed by atoms with Gasteiger partial charge in [0.15, 0.2) is 17.3 Å². The molecule has 0 radical (unpaired) electrons. The number of anilines is 2. The fraction of sp³-hybridized carbons (Fsp3) is 0.304. The topological polar surface area (TPSA) is 132 Å². The molecule has 0 spiro atoms. The number of amidine groups is 1. The average Bonchev–Trinajstić information content (AvgIpc) is 3.15. The number of ether oxygens (including phenoxy) is 1. The highest BCUT2D eigenvalue weighted by Gasteiger charge is 2.20. The number of nitrogens with one attached hydrogen (secondary N) is 1. The lowest BCUT2D eigenvalue weighted by atomic mass is 10.1. The van der Waals surface area contributed by atoms with Crippen molar-refractivity contribution in [2.75, 3.05) is 36.6 Å². The van der Waals surface area contributed by atoms with E-state index in [1.807, 2.05) is 48.9 Å². The maximum atomic E-state index is 6.20. The summed E-state index contributed by atoms with van der Waals surface area (Å²) in [6.07, 6.45) is 4.78. The van der Waals surface area contributed by atoms with Gasteiger partial charge in [-0.25, -0.2) is 9.97 Å². The summed E-state index contributed by atoms with van der Waals surface area (Å²) in [6, 6.07) is 9.85. The van der Waals surface area contributed by atoms with Crippen LogP contribution in [0.2, 0.25) is 0 Å². The van der Waals surface area contributed by atoms with Gasteiger partial charge in [0.05, 0.1) is 25.4 Å². The minimum absolute atomic E-state index is 0.390. The standard InChI is InChI=1S/C23H29N9O/c1-16-5-3-6-17(13-16)22(25)30-29-19-14-18(32-9-11-33-12-10-32)21-23(27-19)31(2)20(28-21)15-26-8-4-7-24/h3-8,13-14H,9-12,15,24H2,1-2H3,(H2,25,30)(H,27,29)/b7-4-,26-8?. The molecule has 2 aromatic heterocycles. The Morgan fingerprint density at radius 3 is 2.82 bits per heavy atom. The Morgan fingerprint density at radius 1 is 1.24 bits per heavy atom. The number of nitrogens with zero attached hydrogens (tertiary/aromatic N) is 6. The zero-order chi connectivity index (χ0) is 23.2. The number of fused-ring (bicyclic) bond motifs is 1. The van der Waals surface area contributed by atoms with E-state index in [9.17, 15) is 0 Å². The molecule has 1 aliphatic heterocycles. The van der Waals surface area contributed by atoms with Gasteiger partial charge in [-0.3, -0.25) is 10.4 Å². The monoisotopic (exact) mass is 447 g/mol. The number of rotatable bonds is 7. The van der Waals surface area contributed by atoms with Crippen LogP contribution in [0.15, 0.2) is 52.7 Å². The Labute approximate surface area is 192 Å². The maximum Gasteiger partial charge on any atom is 0.164 e. The molecule has 0 amide bonds. The maximum absolute atomic E-state index is 6.20. The molecular formula is C23H29N9O. The van der Waals surface area contributed by atoms with Gasteiger partial charge in [-0.05, 0) is 25.3 Å². The lowest BCUT2D eigenvalue weighted by Gasteiger charge is -2.29. The van der Waals surface area contributed by atoms with Crippen LogP contribution in [0.4, 0.5) is 11.5 Å². The number of morpholine rings is 1. The molecule has 1 fully saturated rings. The highest BCUT2D eigenvalue weighted by Crippen LogP contribution is 2.29. The zero-order valence-corrected chi connectivity index (χ0v) is 18.9. The molecule has 10 heteroatoms. The molecule has 1 aliphatic rings. The number of hydrogen-bond donors (Lipinski definition) is 3. The van der Waals surface area contributed by atoms with Crippen LogP contribution in [-0.4, -0.2) is 52.9 Å². The van der Waals surface area contributed by atoms with Crippen LogP contribution < -0.4 is 21.8 Å². The molecule has 3 aromatic rings. The van der Waals surface area contributed by atoms with Gasteiger partial charge in [0.2, 0.25) is 0 Å². The third kappa shape index (κ3) is 5.12. The van der Waals surface area contributed by atoms with Crippen LogP contribution >= 0.6 is 0 Å². The SMILES string of the molecule is Cc1cccc(/C(N)=N/Nc2cc(N3CCOCC3)c3nc(CN=C/C=C\N)n(C)c3n2)c1. The largest absolute Gasteiger partial charge is 0.405 e. The van der Waals surface area contributed by atoms with E-state index >= 15 is 0 Å². The van der Waals surface area contributed by atoms with E-state index in [0.29, 0.717) is 31.4 Å². The summed E-state index contributed by atoms with van der Waals surface area (Å²) in [4.78, 5) is 16.2. The third-order valence-corrected chi connectivity index (χ3v) is 5.39. The minimum Gasteiger partial charge on any atom is -0.405 e. The summed E-state index contributed by atoms with van der Waals surface area (Å²) in [5.74, 6) is 1.78. The van der Waals surface area contributed by atoms with E-state index in [2.05, 4.69) is 20.4 Å². The van der Waals surface area contributed by atoms with Gasteiger partial charge in [0.1, 0.15) is 11.3 Å². The number of hydrazone groups is 1. The second kappa shape index (κ2) is 10.1. The minimum atomic E-state index is 0.390. The molecule has 0 atom stereocenters. The lowest BCUT2D eigenvalue weighted by molar-refractivity contribution is 0.123. The van der Waals surface area contributed by atoms with Gasteiger partial charge in [0, 0.05) is 38.0 Å². The first-order valence-electron chi connectivity index (χ1n) is 10.8.